The van der Waals surface area contributed by atoms with Gasteiger partial charge in [0.25, 0.3) is 10.2 Å². The number of hydrogen-bond donors (Lipinski definition) is 2. The lowest BCUT2D eigenvalue weighted by Crippen LogP contribution is -2.32. The van der Waals surface area contributed by atoms with Crippen molar-refractivity contribution in [1.29, 1.82) is 0 Å². The molecule has 0 aliphatic carbocycles. The van der Waals surface area contributed by atoms with Crippen molar-refractivity contribution in [2.75, 3.05) is 0 Å². The van der Waals surface area contributed by atoms with Crippen LogP contribution in [0, 0.1) is 5.82 Å². The lowest BCUT2D eigenvalue weighted by molar-refractivity contribution is 0.568. The highest BCUT2D eigenvalue weighted by molar-refractivity contribution is 7.87. The second kappa shape index (κ2) is 4.04. The van der Waals surface area contributed by atoms with Gasteiger partial charge in [0, 0.05) is 6.04 Å². The molecular formula is C8H11FN2O2S. The standard InChI is InChI=1S/C8H11FN2O2S/c1-6(11-14(10,12)13)7-2-4-8(9)5-3-7/h2-6,11H,1H3,(H2,10,12,13). The highest BCUT2D eigenvalue weighted by Gasteiger charge is 2.10. The summed E-state index contributed by atoms with van der Waals surface area (Å²) in [5.41, 5.74) is 0.653. The summed E-state index contributed by atoms with van der Waals surface area (Å²) in [6.07, 6.45) is 0. The van der Waals surface area contributed by atoms with Crippen LogP contribution in [0.4, 0.5) is 4.39 Å². The Morgan fingerprint density at radius 1 is 1.36 bits per heavy atom. The molecule has 1 aromatic carbocycles. The third kappa shape index (κ3) is 3.41. The number of hydrogen-bond acceptors (Lipinski definition) is 2. The van der Waals surface area contributed by atoms with Crippen molar-refractivity contribution in [3.63, 3.8) is 0 Å². The van der Waals surface area contributed by atoms with Gasteiger partial charge in [-0.15, -0.1) is 0 Å². The SMILES string of the molecule is CC(NS(N)(=O)=O)c1ccc(F)cc1. The number of nitrogens with two attached hydrogens (primary N) is 1. The van der Waals surface area contributed by atoms with E-state index in [0.717, 1.165) is 0 Å². The summed E-state index contributed by atoms with van der Waals surface area (Å²) >= 11 is 0. The average Bonchev–Trinajstić information content (AvgIpc) is 2.02. The number of nitrogens with one attached hydrogen (secondary N) is 1. The molecule has 4 nitrogen and oxygen atoms in total. The van der Waals surface area contributed by atoms with Crippen LogP contribution < -0.4 is 9.86 Å². The second-order valence-electron chi connectivity index (χ2n) is 2.94. The van der Waals surface area contributed by atoms with Gasteiger partial charge in [-0.05, 0) is 24.6 Å². The Morgan fingerprint density at radius 3 is 2.29 bits per heavy atom. The van der Waals surface area contributed by atoms with Crippen LogP contribution in [0.5, 0.6) is 0 Å². The smallest absolute Gasteiger partial charge is 0.216 e. The number of halogens is 1. The van der Waals surface area contributed by atoms with E-state index in [-0.39, 0.29) is 5.82 Å². The molecule has 14 heavy (non-hydrogen) atoms. The van der Waals surface area contributed by atoms with Gasteiger partial charge >= 0.3 is 0 Å². The predicted octanol–water partition coefficient (Wildman–Crippen LogP) is 0.680. The largest absolute Gasteiger partial charge is 0.274 e. The Labute approximate surface area is 82.1 Å². The summed E-state index contributed by atoms with van der Waals surface area (Å²) in [7, 11) is -3.73. The van der Waals surface area contributed by atoms with E-state index < -0.39 is 16.3 Å². The van der Waals surface area contributed by atoms with E-state index in [0.29, 0.717) is 5.56 Å². The summed E-state index contributed by atoms with van der Waals surface area (Å²) in [5.74, 6) is -0.364. The van der Waals surface area contributed by atoms with Crippen LogP contribution >= 0.6 is 0 Å². The van der Waals surface area contributed by atoms with Gasteiger partial charge in [-0.1, -0.05) is 12.1 Å². The van der Waals surface area contributed by atoms with Crippen LogP contribution in [-0.4, -0.2) is 8.42 Å². The van der Waals surface area contributed by atoms with Crippen molar-refractivity contribution in [1.82, 2.24) is 4.72 Å². The van der Waals surface area contributed by atoms with E-state index in [9.17, 15) is 12.8 Å². The van der Waals surface area contributed by atoms with E-state index in [1.807, 2.05) is 0 Å². The minimum Gasteiger partial charge on any atom is -0.216 e. The molecule has 1 unspecified atom stereocenters. The van der Waals surface area contributed by atoms with Gasteiger partial charge in [0.05, 0.1) is 0 Å². The molecule has 78 valence electrons. The molecule has 1 rings (SSSR count). The minimum atomic E-state index is -3.73. The molecule has 1 aromatic rings. The van der Waals surface area contributed by atoms with Gasteiger partial charge < -0.3 is 0 Å². The summed E-state index contributed by atoms with van der Waals surface area (Å²) in [4.78, 5) is 0. The van der Waals surface area contributed by atoms with Crippen LogP contribution in [0.3, 0.4) is 0 Å². The Kier molecular flexibility index (Phi) is 3.20. The zero-order valence-corrected chi connectivity index (χ0v) is 8.38. The Morgan fingerprint density at radius 2 is 1.86 bits per heavy atom. The average molecular weight is 218 g/mol. The van der Waals surface area contributed by atoms with Crippen molar-refractivity contribution in [2.45, 2.75) is 13.0 Å². The zero-order chi connectivity index (χ0) is 10.8. The van der Waals surface area contributed by atoms with E-state index in [1.54, 1.807) is 6.92 Å². The van der Waals surface area contributed by atoms with Crippen LogP contribution in [0.15, 0.2) is 24.3 Å². The maximum Gasteiger partial charge on any atom is 0.274 e. The topological polar surface area (TPSA) is 72.2 Å². The Balaban J connectivity index is 2.80. The fraction of sp³-hybridized carbons (Fsp3) is 0.250. The van der Waals surface area contributed by atoms with E-state index >= 15 is 0 Å². The maximum absolute atomic E-state index is 12.5. The molecular weight excluding hydrogens is 207 g/mol. The molecule has 0 saturated carbocycles. The highest BCUT2D eigenvalue weighted by atomic mass is 32.2. The molecule has 0 heterocycles. The van der Waals surface area contributed by atoms with Gasteiger partial charge in [0.2, 0.25) is 0 Å². The summed E-state index contributed by atoms with van der Waals surface area (Å²) in [5, 5.41) is 4.79. The van der Waals surface area contributed by atoms with Crippen LogP contribution in [-0.2, 0) is 10.2 Å². The summed E-state index contributed by atoms with van der Waals surface area (Å²) in [6, 6.07) is 5.05. The molecule has 0 fully saturated rings. The van der Waals surface area contributed by atoms with Crippen molar-refractivity contribution in [3.05, 3.63) is 35.6 Å². The fourth-order valence-corrected chi connectivity index (χ4v) is 1.69. The van der Waals surface area contributed by atoms with Crippen LogP contribution in [0.2, 0.25) is 0 Å². The van der Waals surface area contributed by atoms with E-state index in [1.165, 1.54) is 24.3 Å². The fourth-order valence-electron chi connectivity index (χ4n) is 1.07. The number of rotatable bonds is 3. The number of benzene rings is 1. The third-order valence-electron chi connectivity index (χ3n) is 1.71. The van der Waals surface area contributed by atoms with Crippen molar-refractivity contribution in [2.24, 2.45) is 5.14 Å². The lowest BCUT2D eigenvalue weighted by Gasteiger charge is -2.11. The second-order valence-corrected chi connectivity index (χ2v) is 4.26. The van der Waals surface area contributed by atoms with E-state index in [4.69, 9.17) is 5.14 Å². The molecule has 0 bridgehead atoms. The van der Waals surface area contributed by atoms with Gasteiger partial charge in [-0.2, -0.15) is 13.1 Å². The monoisotopic (exact) mass is 218 g/mol. The lowest BCUT2D eigenvalue weighted by atomic mass is 10.1. The molecule has 0 amide bonds. The first-order valence-corrected chi connectivity index (χ1v) is 5.48. The van der Waals surface area contributed by atoms with Crippen molar-refractivity contribution < 1.29 is 12.8 Å². The van der Waals surface area contributed by atoms with E-state index in [2.05, 4.69) is 4.72 Å². The highest BCUT2D eigenvalue weighted by Crippen LogP contribution is 2.12. The van der Waals surface area contributed by atoms with Crippen LogP contribution in [0.1, 0.15) is 18.5 Å². The predicted molar refractivity (Wildman–Crippen MR) is 51.1 cm³/mol. The molecule has 0 aliphatic heterocycles. The normalized spacial score (nSPS) is 13.9. The molecule has 1 atom stereocenters. The molecule has 0 saturated heterocycles. The Bertz CT molecular complexity index is 402. The van der Waals surface area contributed by atoms with Gasteiger partial charge in [-0.3, -0.25) is 0 Å². The molecule has 0 spiro atoms. The van der Waals surface area contributed by atoms with Crippen molar-refractivity contribution >= 4 is 10.2 Å². The van der Waals surface area contributed by atoms with Crippen LogP contribution in [0.25, 0.3) is 0 Å². The molecule has 6 heteroatoms. The zero-order valence-electron chi connectivity index (χ0n) is 7.57. The quantitative estimate of drug-likeness (QED) is 0.783. The first kappa shape index (κ1) is 11.1. The Hall–Kier alpha value is -0.980. The molecule has 0 aliphatic rings. The first-order chi connectivity index (χ1) is 6.38. The van der Waals surface area contributed by atoms with Gasteiger partial charge in [0.15, 0.2) is 0 Å². The van der Waals surface area contributed by atoms with Crippen molar-refractivity contribution in [3.8, 4) is 0 Å². The van der Waals surface area contributed by atoms with Gasteiger partial charge in [0.1, 0.15) is 5.82 Å². The summed E-state index contributed by atoms with van der Waals surface area (Å²) in [6.45, 7) is 1.62. The first-order valence-electron chi connectivity index (χ1n) is 3.94. The maximum atomic E-state index is 12.5. The molecule has 3 N–H and O–H groups in total. The molecule has 0 radical (unpaired) electrons. The minimum absolute atomic E-state index is 0.364. The van der Waals surface area contributed by atoms with Gasteiger partial charge in [-0.25, -0.2) is 9.53 Å². The third-order valence-corrected chi connectivity index (χ3v) is 2.39. The summed E-state index contributed by atoms with van der Waals surface area (Å²) < 4.78 is 36.1. The molecule has 0 aromatic heterocycles.